The van der Waals surface area contributed by atoms with Crippen LogP contribution in [-0.2, 0) is 4.79 Å². The molecule has 0 bridgehead atoms. The van der Waals surface area contributed by atoms with Crippen molar-refractivity contribution in [2.24, 2.45) is 0 Å². The monoisotopic (exact) mass is 388 g/mol. The first-order valence-corrected chi connectivity index (χ1v) is 8.86. The van der Waals surface area contributed by atoms with E-state index in [1.807, 2.05) is 0 Å². The number of anilines is 2. The van der Waals surface area contributed by atoms with Crippen LogP contribution < -0.4 is 10.6 Å². The van der Waals surface area contributed by atoms with Gasteiger partial charge in [-0.3, -0.25) is 9.59 Å². The zero-order chi connectivity index (χ0) is 18.7. The van der Waals surface area contributed by atoms with E-state index in [1.54, 1.807) is 48.5 Å². The fourth-order valence-corrected chi connectivity index (χ4v) is 3.44. The average molecular weight is 389 g/mol. The summed E-state index contributed by atoms with van der Waals surface area (Å²) >= 11 is 7.22. The molecule has 0 radical (unpaired) electrons. The van der Waals surface area contributed by atoms with E-state index in [-0.39, 0.29) is 17.6 Å². The van der Waals surface area contributed by atoms with E-state index in [1.165, 1.54) is 24.3 Å². The van der Waals surface area contributed by atoms with Gasteiger partial charge in [-0.15, -0.1) is 11.3 Å². The highest BCUT2D eigenvalue weighted by molar-refractivity contribution is 7.17. The van der Waals surface area contributed by atoms with Crippen LogP contribution in [0.15, 0.2) is 54.6 Å². The number of carbonyl (C=O) groups is 2. The molecule has 7 heteroatoms. The van der Waals surface area contributed by atoms with E-state index < -0.39 is 0 Å². The molecular weight excluding hydrogens is 375 g/mol. The molecule has 2 aromatic carbocycles. The van der Waals surface area contributed by atoms with Crippen LogP contribution in [0.5, 0.6) is 0 Å². The molecule has 0 saturated carbocycles. The molecule has 1 heterocycles. The fourth-order valence-electron chi connectivity index (χ4n) is 2.35. The molecule has 4 nitrogen and oxygen atoms in total. The second kappa shape index (κ2) is 7.68. The number of carbonyl (C=O) groups excluding carboxylic acids is 2. The molecule has 26 heavy (non-hydrogen) atoms. The van der Waals surface area contributed by atoms with Crippen molar-refractivity contribution in [3.8, 4) is 10.4 Å². The Bertz CT molecular complexity index is 987. The van der Waals surface area contributed by atoms with Crippen molar-refractivity contribution >= 4 is 46.1 Å². The Morgan fingerprint density at radius 2 is 1.81 bits per heavy atom. The van der Waals surface area contributed by atoms with Crippen LogP contribution in [0.1, 0.15) is 16.6 Å². The molecule has 0 atom stereocenters. The summed E-state index contributed by atoms with van der Waals surface area (Å²) in [7, 11) is 0. The summed E-state index contributed by atoms with van der Waals surface area (Å²) in [5, 5.41) is 5.71. The van der Waals surface area contributed by atoms with Crippen molar-refractivity contribution in [2.75, 3.05) is 10.6 Å². The molecule has 0 aliphatic heterocycles. The fraction of sp³-hybridized carbons (Fsp3) is 0.0526. The quantitative estimate of drug-likeness (QED) is 0.627. The molecule has 0 spiro atoms. The van der Waals surface area contributed by atoms with Gasteiger partial charge in [-0.1, -0.05) is 29.8 Å². The van der Waals surface area contributed by atoms with Gasteiger partial charge >= 0.3 is 0 Å². The van der Waals surface area contributed by atoms with Crippen LogP contribution in [0.2, 0.25) is 5.02 Å². The van der Waals surface area contributed by atoms with Crippen LogP contribution in [0.4, 0.5) is 15.8 Å². The van der Waals surface area contributed by atoms with Gasteiger partial charge in [0.2, 0.25) is 5.91 Å². The largest absolute Gasteiger partial charge is 0.325 e. The lowest BCUT2D eigenvalue weighted by atomic mass is 10.2. The summed E-state index contributed by atoms with van der Waals surface area (Å²) in [6.45, 7) is 1.37. The van der Waals surface area contributed by atoms with Gasteiger partial charge in [0.05, 0.1) is 15.6 Å². The SMILES string of the molecule is CC(=O)Nc1cc(NC(=O)c2ccc(-c3ccccc3F)s2)ccc1Cl. The maximum absolute atomic E-state index is 13.9. The second-order valence-electron chi connectivity index (χ2n) is 5.47. The maximum Gasteiger partial charge on any atom is 0.265 e. The minimum atomic E-state index is -0.334. The Kier molecular flexibility index (Phi) is 5.35. The molecule has 2 amide bonds. The number of nitrogens with one attached hydrogen (secondary N) is 2. The number of halogens is 2. The van der Waals surface area contributed by atoms with Crippen molar-refractivity contribution in [3.63, 3.8) is 0 Å². The lowest BCUT2D eigenvalue weighted by Crippen LogP contribution is -2.11. The molecule has 0 aliphatic carbocycles. The Balaban J connectivity index is 1.79. The highest BCUT2D eigenvalue weighted by atomic mass is 35.5. The number of rotatable bonds is 4. The first-order chi connectivity index (χ1) is 12.4. The predicted molar refractivity (Wildman–Crippen MR) is 103 cm³/mol. The van der Waals surface area contributed by atoms with Crippen LogP contribution in [0.25, 0.3) is 10.4 Å². The topological polar surface area (TPSA) is 58.2 Å². The number of thiophene rings is 1. The molecule has 0 fully saturated rings. The summed E-state index contributed by atoms with van der Waals surface area (Å²) in [4.78, 5) is 24.8. The predicted octanol–water partition coefficient (Wildman–Crippen LogP) is 5.42. The van der Waals surface area contributed by atoms with Crippen LogP contribution in [0.3, 0.4) is 0 Å². The van der Waals surface area contributed by atoms with E-state index in [0.29, 0.717) is 31.7 Å². The van der Waals surface area contributed by atoms with Gasteiger partial charge in [0.15, 0.2) is 0 Å². The average Bonchev–Trinajstić information content (AvgIpc) is 3.08. The molecule has 2 N–H and O–H groups in total. The minimum absolute atomic E-state index is 0.261. The lowest BCUT2D eigenvalue weighted by Gasteiger charge is -2.09. The minimum Gasteiger partial charge on any atom is -0.325 e. The standard InChI is InChI=1S/C19H14ClFN2O2S/c1-11(24)22-16-10-12(6-7-14(16)20)23-19(25)18-9-8-17(26-18)13-4-2-3-5-15(13)21/h2-10H,1H3,(H,22,24)(H,23,25). The molecule has 0 aliphatic rings. The summed E-state index contributed by atoms with van der Waals surface area (Å²) in [5.74, 6) is -0.921. The Morgan fingerprint density at radius 3 is 2.54 bits per heavy atom. The first kappa shape index (κ1) is 18.1. The van der Waals surface area contributed by atoms with Crippen molar-refractivity contribution in [1.29, 1.82) is 0 Å². The van der Waals surface area contributed by atoms with Crippen LogP contribution in [-0.4, -0.2) is 11.8 Å². The highest BCUT2D eigenvalue weighted by Gasteiger charge is 2.13. The van der Waals surface area contributed by atoms with E-state index in [2.05, 4.69) is 10.6 Å². The van der Waals surface area contributed by atoms with Crippen molar-refractivity contribution in [3.05, 3.63) is 70.3 Å². The zero-order valence-corrected chi connectivity index (χ0v) is 15.2. The third-order valence-corrected chi connectivity index (χ3v) is 4.95. The van der Waals surface area contributed by atoms with E-state index in [0.717, 1.165) is 0 Å². The number of benzene rings is 2. The first-order valence-electron chi connectivity index (χ1n) is 7.67. The lowest BCUT2D eigenvalue weighted by molar-refractivity contribution is -0.114. The second-order valence-corrected chi connectivity index (χ2v) is 6.96. The van der Waals surface area contributed by atoms with Crippen molar-refractivity contribution in [1.82, 2.24) is 0 Å². The van der Waals surface area contributed by atoms with Crippen molar-refractivity contribution < 1.29 is 14.0 Å². The van der Waals surface area contributed by atoms with Gasteiger partial charge in [-0.25, -0.2) is 4.39 Å². The molecule has 1 aromatic heterocycles. The van der Waals surface area contributed by atoms with E-state index in [4.69, 9.17) is 11.6 Å². The van der Waals surface area contributed by atoms with Crippen LogP contribution in [0, 0.1) is 5.82 Å². The number of amides is 2. The summed E-state index contributed by atoms with van der Waals surface area (Å²) in [6.07, 6.45) is 0. The molecule has 3 rings (SSSR count). The summed E-state index contributed by atoms with van der Waals surface area (Å²) < 4.78 is 13.9. The van der Waals surface area contributed by atoms with Crippen LogP contribution >= 0.6 is 22.9 Å². The molecule has 3 aromatic rings. The van der Waals surface area contributed by atoms with E-state index in [9.17, 15) is 14.0 Å². The molecule has 0 unspecified atom stereocenters. The van der Waals surface area contributed by atoms with Gasteiger partial charge < -0.3 is 10.6 Å². The maximum atomic E-state index is 13.9. The number of hydrogen-bond acceptors (Lipinski definition) is 3. The molecular formula is C19H14ClFN2O2S. The Morgan fingerprint density at radius 1 is 1.04 bits per heavy atom. The van der Waals surface area contributed by atoms with Gasteiger partial charge in [0.25, 0.3) is 5.91 Å². The van der Waals surface area contributed by atoms with Gasteiger partial charge in [0, 0.05) is 23.1 Å². The van der Waals surface area contributed by atoms with Crippen molar-refractivity contribution in [2.45, 2.75) is 6.92 Å². The molecule has 0 saturated heterocycles. The Hall–Kier alpha value is -2.70. The van der Waals surface area contributed by atoms with Gasteiger partial charge in [-0.2, -0.15) is 0 Å². The third-order valence-electron chi connectivity index (χ3n) is 3.50. The summed E-state index contributed by atoms with van der Waals surface area (Å²) in [6, 6.07) is 14.6. The molecule has 132 valence electrons. The smallest absolute Gasteiger partial charge is 0.265 e. The highest BCUT2D eigenvalue weighted by Crippen LogP contribution is 2.31. The number of hydrogen-bond donors (Lipinski definition) is 2. The normalized spacial score (nSPS) is 10.4. The third kappa shape index (κ3) is 4.09. The summed E-state index contributed by atoms with van der Waals surface area (Å²) in [5.41, 5.74) is 1.36. The zero-order valence-electron chi connectivity index (χ0n) is 13.7. The van der Waals surface area contributed by atoms with Gasteiger partial charge in [0.1, 0.15) is 5.82 Å². The van der Waals surface area contributed by atoms with Gasteiger partial charge in [-0.05, 0) is 36.4 Å². The van der Waals surface area contributed by atoms with E-state index >= 15 is 0 Å². The Labute approximate surface area is 158 Å².